The second-order valence-electron chi connectivity index (χ2n) is 15.7. The molecule has 0 amide bonds. The Kier molecular flexibility index (Phi) is 15.8. The summed E-state index contributed by atoms with van der Waals surface area (Å²) in [6.07, 6.45) is 14.5. The smallest absolute Gasteiger partial charge is 0.305 e. The average Bonchev–Trinajstić information content (AvgIpc) is 3.98. The van der Waals surface area contributed by atoms with Gasteiger partial charge < -0.3 is 19.3 Å². The first-order chi connectivity index (χ1) is 26.4. The van der Waals surface area contributed by atoms with Crippen LogP contribution in [0.25, 0.3) is 22.3 Å². The van der Waals surface area contributed by atoms with Crippen LogP contribution in [0.3, 0.4) is 0 Å². The van der Waals surface area contributed by atoms with Crippen molar-refractivity contribution in [2.75, 3.05) is 7.11 Å². The number of rotatable bonds is 5. The summed E-state index contributed by atoms with van der Waals surface area (Å²) in [5.41, 5.74) is 9.92. The number of allylic oxidation sites excluding steroid dienone is 1. The highest BCUT2D eigenvalue weighted by Gasteiger charge is 2.56. The quantitative estimate of drug-likeness (QED) is 0.207. The Bertz CT molecular complexity index is 1770. The van der Waals surface area contributed by atoms with Crippen LogP contribution in [0.2, 0.25) is 0 Å². The molecule has 4 nitrogen and oxygen atoms in total. The van der Waals surface area contributed by atoms with E-state index < -0.39 is 5.79 Å². The molecule has 0 aromatic heterocycles. The summed E-state index contributed by atoms with van der Waals surface area (Å²) in [5, 5.41) is 7.00. The van der Waals surface area contributed by atoms with Crippen LogP contribution >= 0.6 is 0 Å². The second-order valence-corrected chi connectivity index (χ2v) is 15.7. The Morgan fingerprint density at radius 3 is 1.25 bits per heavy atom. The third-order valence-corrected chi connectivity index (χ3v) is 11.5. The SMILES string of the molecule is C1=COC2(O1)c1ccccc1-c1ccccc12.C=CC(C)(C)C(C)(C)CCC.CC.CC1(C)C=COC12c1ccccc1-c1ccccc12.CCCC.CO. The van der Waals surface area contributed by atoms with Gasteiger partial charge >= 0.3 is 5.79 Å². The summed E-state index contributed by atoms with van der Waals surface area (Å²) in [4.78, 5) is 0. The number of hydrogen-bond acceptors (Lipinski definition) is 4. The molecule has 8 rings (SSSR count). The van der Waals surface area contributed by atoms with Gasteiger partial charge in [-0.05, 0) is 45.6 Å². The van der Waals surface area contributed by atoms with Crippen LogP contribution in [-0.4, -0.2) is 12.2 Å². The number of aliphatic hydroxyl groups excluding tert-OH is 1. The number of benzene rings is 4. The Balaban J connectivity index is 0.000000208. The molecule has 55 heavy (non-hydrogen) atoms. The first kappa shape index (κ1) is 44.9. The van der Waals surface area contributed by atoms with Gasteiger partial charge in [0.2, 0.25) is 0 Å². The minimum absolute atomic E-state index is 0.0459. The second kappa shape index (κ2) is 19.4. The van der Waals surface area contributed by atoms with Crippen molar-refractivity contribution in [2.24, 2.45) is 16.2 Å². The van der Waals surface area contributed by atoms with Gasteiger partial charge in [-0.15, -0.1) is 6.58 Å². The fourth-order valence-electron chi connectivity index (χ4n) is 7.50. The lowest BCUT2D eigenvalue weighted by atomic mass is 9.66. The van der Waals surface area contributed by atoms with E-state index in [0.29, 0.717) is 5.41 Å². The number of aliphatic hydroxyl groups is 1. The van der Waals surface area contributed by atoms with Crippen LogP contribution in [0.15, 0.2) is 135 Å². The van der Waals surface area contributed by atoms with Crippen molar-refractivity contribution in [3.63, 3.8) is 0 Å². The van der Waals surface area contributed by atoms with E-state index in [9.17, 15) is 0 Å². The van der Waals surface area contributed by atoms with Crippen LogP contribution in [0.5, 0.6) is 0 Å². The maximum atomic E-state index is 7.00. The molecule has 2 aliphatic carbocycles. The monoisotopic (exact) mass is 745 g/mol. The zero-order chi connectivity index (χ0) is 40.9. The molecule has 0 radical (unpaired) electrons. The van der Waals surface area contributed by atoms with Gasteiger partial charge in [-0.25, -0.2) is 0 Å². The van der Waals surface area contributed by atoms with E-state index in [1.54, 1.807) is 12.5 Å². The Morgan fingerprint density at radius 2 is 0.927 bits per heavy atom. The van der Waals surface area contributed by atoms with Gasteiger partial charge in [0.1, 0.15) is 12.5 Å². The van der Waals surface area contributed by atoms with Gasteiger partial charge in [0, 0.05) is 34.8 Å². The molecule has 4 aromatic rings. The fraction of sp³-hybridized carbons (Fsp3) is 0.412. The topological polar surface area (TPSA) is 47.9 Å². The lowest BCUT2D eigenvalue weighted by molar-refractivity contribution is -0.109. The van der Waals surface area contributed by atoms with Crippen LogP contribution in [-0.2, 0) is 25.6 Å². The fourth-order valence-corrected chi connectivity index (χ4v) is 7.50. The molecule has 4 aromatic carbocycles. The highest BCUT2D eigenvalue weighted by Crippen LogP contribution is 2.60. The molecule has 1 N–H and O–H groups in total. The van der Waals surface area contributed by atoms with Crippen molar-refractivity contribution in [2.45, 2.75) is 113 Å². The predicted octanol–water partition coefficient (Wildman–Crippen LogP) is 14.3. The molecular weight excluding hydrogens is 677 g/mol. The molecule has 2 spiro atoms. The maximum Gasteiger partial charge on any atom is 0.305 e. The predicted molar refractivity (Wildman–Crippen MR) is 233 cm³/mol. The summed E-state index contributed by atoms with van der Waals surface area (Å²) < 4.78 is 17.7. The first-order valence-electron chi connectivity index (χ1n) is 20.2. The standard InChI is InChI=1S/C18H16O.C15H10O2.C11H22.C4H10.C2H6.CH4O/c1-17(2)11-12-19-18(17)15-9-5-3-7-13(15)14-8-4-6-10-16(14)18;1-3-7-13-11(5-1)12-6-2-4-8-14(12)15(13)16-9-10-17-15;1-7-9-11(5,6)10(3,4)8-2;1-3-4-2;2*1-2/h3-12H,1-2H3;1-10H;8H,2,7,9H2,1,3-6H3;3-4H2,1-2H3;1-2H3;2H,1H3. The van der Waals surface area contributed by atoms with Crippen LogP contribution in [0, 0.1) is 16.2 Å². The van der Waals surface area contributed by atoms with Gasteiger partial charge in [0.25, 0.3) is 0 Å². The Morgan fingerprint density at radius 1 is 0.564 bits per heavy atom. The molecule has 4 aliphatic rings. The maximum absolute atomic E-state index is 7.00. The number of hydrogen-bond donors (Lipinski definition) is 1. The Hall–Kier alpha value is -4.54. The molecule has 0 bridgehead atoms. The highest BCUT2D eigenvalue weighted by molar-refractivity contribution is 5.81. The van der Waals surface area contributed by atoms with Gasteiger partial charge in [-0.2, -0.15) is 0 Å². The van der Waals surface area contributed by atoms with E-state index in [4.69, 9.17) is 19.3 Å². The number of fused-ring (bicyclic) bond motifs is 10. The Labute approximate surface area is 334 Å². The summed E-state index contributed by atoms with van der Waals surface area (Å²) in [5.74, 6) is -0.757. The molecule has 0 unspecified atom stereocenters. The van der Waals surface area contributed by atoms with E-state index in [-0.39, 0.29) is 16.4 Å². The van der Waals surface area contributed by atoms with Crippen LogP contribution in [0.1, 0.15) is 124 Å². The molecule has 0 atom stereocenters. The van der Waals surface area contributed by atoms with Crippen molar-refractivity contribution in [3.05, 3.63) is 157 Å². The molecule has 2 heterocycles. The minimum Gasteiger partial charge on any atom is -0.485 e. The van der Waals surface area contributed by atoms with E-state index in [0.717, 1.165) is 18.2 Å². The number of ether oxygens (including phenoxy) is 3. The normalized spacial score (nSPS) is 15.7. The van der Waals surface area contributed by atoms with Crippen molar-refractivity contribution < 1.29 is 19.3 Å². The van der Waals surface area contributed by atoms with Gasteiger partial charge in [0.15, 0.2) is 5.60 Å². The molecule has 296 valence electrons. The lowest BCUT2D eigenvalue weighted by Gasteiger charge is -2.39. The van der Waals surface area contributed by atoms with Gasteiger partial charge in [-0.1, -0.05) is 199 Å². The highest BCUT2D eigenvalue weighted by atomic mass is 16.7. The summed E-state index contributed by atoms with van der Waals surface area (Å²) in [6.45, 7) is 28.1. The molecule has 4 heteroatoms. The third kappa shape index (κ3) is 8.50. The molecular formula is C51H68O4. The van der Waals surface area contributed by atoms with Gasteiger partial charge in [0.05, 0.1) is 6.26 Å². The summed E-state index contributed by atoms with van der Waals surface area (Å²) in [6, 6.07) is 33.6. The van der Waals surface area contributed by atoms with Crippen LogP contribution < -0.4 is 0 Å². The van der Waals surface area contributed by atoms with E-state index >= 15 is 0 Å². The summed E-state index contributed by atoms with van der Waals surface area (Å²) in [7, 11) is 1.00. The van der Waals surface area contributed by atoms with Crippen molar-refractivity contribution in [1.29, 1.82) is 0 Å². The van der Waals surface area contributed by atoms with E-state index in [2.05, 4.69) is 154 Å². The molecule has 0 fully saturated rings. The first-order valence-corrected chi connectivity index (χ1v) is 20.2. The zero-order valence-electron chi connectivity index (χ0n) is 35.8. The van der Waals surface area contributed by atoms with E-state index in [1.165, 1.54) is 59.1 Å². The molecule has 2 aliphatic heterocycles. The molecule has 0 saturated heterocycles. The van der Waals surface area contributed by atoms with Crippen molar-refractivity contribution >= 4 is 0 Å². The molecule has 0 saturated carbocycles. The van der Waals surface area contributed by atoms with Crippen molar-refractivity contribution in [3.8, 4) is 22.3 Å². The minimum atomic E-state index is -0.757. The zero-order valence-corrected chi connectivity index (χ0v) is 35.8. The largest absolute Gasteiger partial charge is 0.485 e. The van der Waals surface area contributed by atoms with Crippen molar-refractivity contribution in [1.82, 2.24) is 0 Å². The third-order valence-electron chi connectivity index (χ3n) is 11.5. The number of unbranched alkanes of at least 4 members (excludes halogenated alkanes) is 1. The summed E-state index contributed by atoms with van der Waals surface area (Å²) >= 11 is 0. The lowest BCUT2D eigenvalue weighted by Crippen LogP contribution is -2.38. The van der Waals surface area contributed by atoms with E-state index in [1.807, 2.05) is 44.4 Å². The van der Waals surface area contributed by atoms with Crippen LogP contribution in [0.4, 0.5) is 0 Å². The average molecular weight is 745 g/mol. The van der Waals surface area contributed by atoms with Gasteiger partial charge in [-0.3, -0.25) is 0 Å².